The zero-order valence-corrected chi connectivity index (χ0v) is 21.8. The van der Waals surface area contributed by atoms with Gasteiger partial charge in [0.25, 0.3) is 0 Å². The maximum Gasteiger partial charge on any atom is 0.408 e. The molecule has 1 aliphatic rings. The van der Waals surface area contributed by atoms with Gasteiger partial charge in [-0.1, -0.05) is 18.2 Å². The summed E-state index contributed by atoms with van der Waals surface area (Å²) >= 11 is 0. The molecule has 0 saturated heterocycles. The van der Waals surface area contributed by atoms with Crippen LogP contribution in [0, 0.1) is 13.8 Å². The van der Waals surface area contributed by atoms with Gasteiger partial charge in [-0.25, -0.2) is 4.79 Å². The van der Waals surface area contributed by atoms with Crippen LogP contribution in [-0.2, 0) is 14.3 Å². The highest BCUT2D eigenvalue weighted by atomic mass is 16.6. The van der Waals surface area contributed by atoms with E-state index in [9.17, 15) is 19.5 Å². The van der Waals surface area contributed by atoms with E-state index in [1.54, 1.807) is 25.7 Å². The molecule has 0 spiro atoms. The van der Waals surface area contributed by atoms with Crippen LogP contribution in [0.15, 0.2) is 18.2 Å². The minimum Gasteiger partial charge on any atom is -0.444 e. The predicted molar refractivity (Wildman–Crippen MR) is 131 cm³/mol. The third-order valence-electron chi connectivity index (χ3n) is 5.86. The summed E-state index contributed by atoms with van der Waals surface area (Å²) in [4.78, 5) is 41.4. The molecule has 0 bridgehead atoms. The summed E-state index contributed by atoms with van der Waals surface area (Å²) in [5, 5.41) is 15.5. The van der Waals surface area contributed by atoms with Gasteiger partial charge in [-0.3, -0.25) is 9.59 Å². The second-order valence-corrected chi connectivity index (χ2v) is 11.1. The van der Waals surface area contributed by atoms with Crippen LogP contribution in [0.4, 0.5) is 4.79 Å². The van der Waals surface area contributed by atoms with Gasteiger partial charge in [-0.15, -0.1) is 0 Å². The first-order valence-electron chi connectivity index (χ1n) is 12.0. The van der Waals surface area contributed by atoms with Crippen LogP contribution in [0.5, 0.6) is 0 Å². The second-order valence-electron chi connectivity index (χ2n) is 11.1. The number of aliphatic hydroxyl groups is 1. The summed E-state index contributed by atoms with van der Waals surface area (Å²) in [7, 11) is 0. The molecule has 1 saturated carbocycles. The van der Waals surface area contributed by atoms with Gasteiger partial charge in [0.1, 0.15) is 17.7 Å². The summed E-state index contributed by atoms with van der Waals surface area (Å²) in [5.41, 5.74) is 1.41. The third kappa shape index (κ3) is 7.19. The number of amides is 3. The number of ether oxygens (including phenoxy) is 1. The normalized spacial score (nSPS) is 16.1. The zero-order valence-electron chi connectivity index (χ0n) is 21.8. The first-order valence-corrected chi connectivity index (χ1v) is 12.0. The van der Waals surface area contributed by atoms with Crippen LogP contribution < -0.4 is 10.6 Å². The van der Waals surface area contributed by atoms with Gasteiger partial charge in [0.15, 0.2) is 0 Å². The Hall–Kier alpha value is -2.61. The number of hydrogen-bond acceptors (Lipinski definition) is 5. The van der Waals surface area contributed by atoms with E-state index in [1.807, 2.05) is 52.8 Å². The van der Waals surface area contributed by atoms with Gasteiger partial charge in [-0.2, -0.15) is 0 Å². The van der Waals surface area contributed by atoms with Crippen molar-refractivity contribution in [2.24, 2.45) is 0 Å². The molecule has 3 N–H and O–H groups in total. The van der Waals surface area contributed by atoms with Crippen LogP contribution >= 0.6 is 0 Å². The molecule has 0 heterocycles. The number of aliphatic hydroxyl groups excluding tert-OH is 1. The minimum absolute atomic E-state index is 0.169. The zero-order chi connectivity index (χ0) is 25.8. The van der Waals surface area contributed by atoms with Gasteiger partial charge >= 0.3 is 6.09 Å². The number of benzene rings is 1. The quantitative estimate of drug-likeness (QED) is 0.559. The lowest BCUT2D eigenvalue weighted by atomic mass is 9.86. The molecule has 34 heavy (non-hydrogen) atoms. The summed E-state index contributed by atoms with van der Waals surface area (Å²) in [6.07, 6.45) is 1.65. The Bertz CT molecular complexity index is 897. The molecule has 1 aliphatic carbocycles. The number of alkyl carbamates (subject to hydrolysis) is 1. The van der Waals surface area contributed by atoms with Crippen molar-refractivity contribution in [3.8, 4) is 0 Å². The predicted octanol–water partition coefficient (Wildman–Crippen LogP) is 3.53. The molecule has 190 valence electrons. The first kappa shape index (κ1) is 27.6. The highest BCUT2D eigenvalue weighted by molar-refractivity contribution is 5.93. The van der Waals surface area contributed by atoms with Crippen LogP contribution in [0.3, 0.4) is 0 Å². The molecule has 8 nitrogen and oxygen atoms in total. The fraction of sp³-hybridized carbons (Fsp3) is 0.654. The lowest BCUT2D eigenvalue weighted by Gasteiger charge is -2.44. The standard InChI is InChI=1S/C26H41N3O5/c1-16-11-9-14-19(17(16)2)21(22(31)28-25(3,4)5)29(18-12-10-13-18)23(32)20(15-30)27-24(33)34-26(6,7)8/h9,11,14,18,20-21,30H,10,12-13,15H2,1-8H3,(H,27,33)(H,28,31). The number of aryl methyl sites for hydroxylation is 1. The van der Waals surface area contributed by atoms with Gasteiger partial charge < -0.3 is 25.4 Å². The summed E-state index contributed by atoms with van der Waals surface area (Å²) in [6, 6.07) is 3.41. The molecule has 8 heteroatoms. The van der Waals surface area contributed by atoms with E-state index >= 15 is 0 Å². The van der Waals surface area contributed by atoms with E-state index in [2.05, 4.69) is 10.6 Å². The minimum atomic E-state index is -1.23. The van der Waals surface area contributed by atoms with Gasteiger partial charge in [0, 0.05) is 11.6 Å². The molecule has 1 aromatic carbocycles. The number of nitrogens with zero attached hydrogens (tertiary/aromatic N) is 1. The molecule has 2 rings (SSSR count). The molecule has 1 aromatic rings. The van der Waals surface area contributed by atoms with Gasteiger partial charge in [-0.05, 0) is 91.3 Å². The van der Waals surface area contributed by atoms with Crippen molar-refractivity contribution >= 4 is 17.9 Å². The molecule has 2 atom stereocenters. The van der Waals surface area contributed by atoms with Gasteiger partial charge in [0.05, 0.1) is 6.61 Å². The Balaban J connectivity index is 2.50. The van der Waals surface area contributed by atoms with E-state index in [-0.39, 0.29) is 11.9 Å². The molecule has 0 aliphatic heterocycles. The smallest absolute Gasteiger partial charge is 0.408 e. The van der Waals surface area contributed by atoms with Crippen molar-refractivity contribution in [1.82, 2.24) is 15.5 Å². The topological polar surface area (TPSA) is 108 Å². The molecule has 1 fully saturated rings. The number of nitrogens with one attached hydrogen (secondary N) is 2. The van der Waals surface area contributed by atoms with Gasteiger partial charge in [0.2, 0.25) is 11.8 Å². The average Bonchev–Trinajstić information content (AvgIpc) is 2.64. The number of carbonyl (C=O) groups is 3. The average molecular weight is 476 g/mol. The van der Waals surface area contributed by atoms with Crippen LogP contribution in [-0.4, -0.2) is 57.7 Å². The molecule has 2 unspecified atom stereocenters. The van der Waals surface area contributed by atoms with E-state index < -0.39 is 41.8 Å². The summed E-state index contributed by atoms with van der Waals surface area (Å²) < 4.78 is 5.28. The van der Waals surface area contributed by atoms with Crippen molar-refractivity contribution in [3.63, 3.8) is 0 Å². The molecule has 3 amide bonds. The Morgan fingerprint density at radius 3 is 2.21 bits per heavy atom. The highest BCUT2D eigenvalue weighted by Crippen LogP contribution is 2.35. The van der Waals surface area contributed by atoms with E-state index in [4.69, 9.17) is 4.74 Å². The fourth-order valence-electron chi connectivity index (χ4n) is 3.92. The van der Waals surface area contributed by atoms with Crippen molar-refractivity contribution in [2.75, 3.05) is 6.61 Å². The van der Waals surface area contributed by atoms with Crippen LogP contribution in [0.2, 0.25) is 0 Å². The third-order valence-corrected chi connectivity index (χ3v) is 5.86. The lowest BCUT2D eigenvalue weighted by molar-refractivity contribution is -0.148. The molecular weight excluding hydrogens is 434 g/mol. The molecular formula is C26H41N3O5. The highest BCUT2D eigenvalue weighted by Gasteiger charge is 2.43. The summed E-state index contributed by atoms with van der Waals surface area (Å²) in [5.74, 6) is -0.802. The Morgan fingerprint density at radius 2 is 1.74 bits per heavy atom. The largest absolute Gasteiger partial charge is 0.444 e. The van der Waals surface area contributed by atoms with Crippen LogP contribution in [0.25, 0.3) is 0 Å². The number of carbonyl (C=O) groups excluding carboxylic acids is 3. The SMILES string of the molecule is Cc1cccc(C(C(=O)NC(C)(C)C)N(C(=O)C(CO)NC(=O)OC(C)(C)C)C2CCC2)c1C. The van der Waals surface area contributed by atoms with Crippen molar-refractivity contribution < 1.29 is 24.2 Å². The number of rotatable bonds is 7. The molecule has 0 aromatic heterocycles. The first-order chi connectivity index (χ1) is 15.6. The number of hydrogen-bond donors (Lipinski definition) is 3. The van der Waals surface area contributed by atoms with Crippen LogP contribution in [0.1, 0.15) is 83.5 Å². The maximum atomic E-state index is 13.8. The van der Waals surface area contributed by atoms with Crippen molar-refractivity contribution in [1.29, 1.82) is 0 Å². The van der Waals surface area contributed by atoms with Crippen molar-refractivity contribution in [3.05, 3.63) is 34.9 Å². The Morgan fingerprint density at radius 1 is 1.12 bits per heavy atom. The van der Waals surface area contributed by atoms with E-state index in [1.165, 1.54) is 0 Å². The summed E-state index contributed by atoms with van der Waals surface area (Å²) in [6.45, 7) is 14.1. The Labute approximate surface area is 203 Å². The molecule has 0 radical (unpaired) electrons. The van der Waals surface area contributed by atoms with E-state index in [0.29, 0.717) is 0 Å². The van der Waals surface area contributed by atoms with E-state index in [0.717, 1.165) is 36.0 Å². The second kappa shape index (κ2) is 10.8. The monoisotopic (exact) mass is 475 g/mol. The lowest BCUT2D eigenvalue weighted by Crippen LogP contribution is -2.59. The van der Waals surface area contributed by atoms with Crippen molar-refractivity contribution in [2.45, 2.75) is 104 Å². The Kier molecular flexibility index (Phi) is 8.75. The fourth-order valence-corrected chi connectivity index (χ4v) is 3.92. The maximum absolute atomic E-state index is 13.8.